The quantitative estimate of drug-likeness (QED) is 0.395. The fourth-order valence-corrected chi connectivity index (χ4v) is 2.00. The zero-order valence-corrected chi connectivity index (χ0v) is 8.35. The lowest BCUT2D eigenvalue weighted by atomic mass is 10.3. The summed E-state index contributed by atoms with van der Waals surface area (Å²) in [6.07, 6.45) is -0.236. The molecule has 0 atom stereocenters. The van der Waals surface area contributed by atoms with Crippen molar-refractivity contribution >= 4 is 13.6 Å². The number of aliphatic hydroxyl groups is 2. The Balaban J connectivity index is 3.96. The van der Waals surface area contributed by atoms with Gasteiger partial charge in [-0.3, -0.25) is 18.4 Å². The third-order valence-electron chi connectivity index (χ3n) is 1.33. The first kappa shape index (κ1) is 13.5. The topological polar surface area (TPSA) is 113 Å². The Morgan fingerprint density at radius 3 is 2.07 bits per heavy atom. The van der Waals surface area contributed by atoms with Crippen LogP contribution in [-0.4, -0.2) is 41.0 Å². The van der Waals surface area contributed by atoms with Crippen molar-refractivity contribution in [3.8, 4) is 0 Å². The van der Waals surface area contributed by atoms with Gasteiger partial charge in [-0.05, 0) is 6.42 Å². The molecule has 8 heteroatoms. The summed E-state index contributed by atoms with van der Waals surface area (Å²) in [4.78, 5) is 10.1. The number of carboxylic acid groups (broad SMARTS) is 1. The molecule has 0 heterocycles. The lowest BCUT2D eigenvalue weighted by molar-refractivity contribution is -0.137. The van der Waals surface area contributed by atoms with Gasteiger partial charge in [0, 0.05) is 6.42 Å². The molecule has 0 aromatic rings. The molecule has 0 spiro atoms. The molecule has 0 aliphatic carbocycles. The molecular weight excluding hydrogens is 215 g/mol. The van der Waals surface area contributed by atoms with E-state index >= 15 is 0 Å². The molecule has 0 unspecified atom stereocenters. The van der Waals surface area contributed by atoms with Gasteiger partial charge < -0.3 is 15.3 Å². The summed E-state index contributed by atoms with van der Waals surface area (Å²) in [5, 5.41) is 25.0. The minimum atomic E-state index is -3.54. The molecular formula is C6H13O7P. The summed E-state index contributed by atoms with van der Waals surface area (Å²) in [7, 11) is -3.54. The average Bonchev–Trinajstić information content (AvgIpc) is 2.03. The van der Waals surface area contributed by atoms with Gasteiger partial charge in [-0.25, -0.2) is 0 Å². The first-order chi connectivity index (χ1) is 6.54. The van der Waals surface area contributed by atoms with Crippen molar-refractivity contribution in [1.82, 2.24) is 0 Å². The number of carbonyl (C=O) groups is 1. The van der Waals surface area contributed by atoms with Crippen LogP contribution < -0.4 is 0 Å². The van der Waals surface area contributed by atoms with Gasteiger partial charge in [0.15, 0.2) is 13.6 Å². The number of rotatable bonds is 8. The van der Waals surface area contributed by atoms with Gasteiger partial charge in [0.2, 0.25) is 0 Å². The fraction of sp³-hybridized carbons (Fsp3) is 0.833. The van der Waals surface area contributed by atoms with Crippen LogP contribution in [0.25, 0.3) is 0 Å². The zero-order chi connectivity index (χ0) is 11.0. The Morgan fingerprint density at radius 2 is 1.71 bits per heavy atom. The van der Waals surface area contributed by atoms with Gasteiger partial charge in [0.05, 0.1) is 6.16 Å². The van der Waals surface area contributed by atoms with E-state index < -0.39 is 27.2 Å². The second kappa shape index (κ2) is 6.92. The largest absolute Gasteiger partial charge is 0.481 e. The summed E-state index contributed by atoms with van der Waals surface area (Å²) in [6.45, 7) is -1.60. The number of aliphatic carboxylic acids is 1. The van der Waals surface area contributed by atoms with E-state index in [0.29, 0.717) is 0 Å². The molecule has 0 amide bonds. The second-order valence-corrected chi connectivity index (χ2v) is 4.53. The maximum Gasteiger partial charge on any atom is 0.334 e. The van der Waals surface area contributed by atoms with E-state index in [1.54, 1.807) is 0 Å². The molecule has 0 aromatic carbocycles. The van der Waals surface area contributed by atoms with Gasteiger partial charge in [0.1, 0.15) is 0 Å². The maximum absolute atomic E-state index is 11.4. The minimum Gasteiger partial charge on any atom is -0.481 e. The standard InChI is InChI=1S/C6H13O7P/c7-4-12-14(11,13-5-8)3-1-2-6(9)10/h7-8H,1-5H2,(H,9,10). The molecule has 0 radical (unpaired) electrons. The Kier molecular flexibility index (Phi) is 6.69. The van der Waals surface area contributed by atoms with Crippen LogP contribution in [0, 0.1) is 0 Å². The first-order valence-corrected chi connectivity index (χ1v) is 5.58. The van der Waals surface area contributed by atoms with E-state index in [4.69, 9.17) is 15.3 Å². The molecule has 0 saturated heterocycles. The molecule has 0 fully saturated rings. The summed E-state index contributed by atoms with van der Waals surface area (Å²) < 4.78 is 20.2. The SMILES string of the molecule is O=C(O)CCCP(=O)(OCO)OCO. The first-order valence-electron chi connectivity index (χ1n) is 3.86. The molecule has 0 saturated carbocycles. The molecule has 7 nitrogen and oxygen atoms in total. The van der Waals surface area contributed by atoms with Crippen LogP contribution in [0.4, 0.5) is 0 Å². The number of aliphatic hydroxyl groups excluding tert-OH is 2. The van der Waals surface area contributed by atoms with E-state index in [1.165, 1.54) is 0 Å². The van der Waals surface area contributed by atoms with Crippen molar-refractivity contribution in [1.29, 1.82) is 0 Å². The third kappa shape index (κ3) is 6.06. The van der Waals surface area contributed by atoms with Crippen LogP contribution in [0.2, 0.25) is 0 Å². The molecule has 0 bridgehead atoms. The van der Waals surface area contributed by atoms with Crippen LogP contribution in [-0.2, 0) is 18.4 Å². The smallest absolute Gasteiger partial charge is 0.334 e. The van der Waals surface area contributed by atoms with E-state index in [0.717, 1.165) is 0 Å². The number of carboxylic acids is 1. The van der Waals surface area contributed by atoms with Crippen molar-refractivity contribution in [2.24, 2.45) is 0 Å². The Morgan fingerprint density at radius 1 is 1.21 bits per heavy atom. The van der Waals surface area contributed by atoms with Gasteiger partial charge in [0.25, 0.3) is 0 Å². The highest BCUT2D eigenvalue weighted by Gasteiger charge is 2.23. The Hall–Kier alpha value is -0.460. The van der Waals surface area contributed by atoms with Crippen LogP contribution in [0.3, 0.4) is 0 Å². The highest BCUT2D eigenvalue weighted by Crippen LogP contribution is 2.48. The van der Waals surface area contributed by atoms with E-state index in [-0.39, 0.29) is 19.0 Å². The minimum absolute atomic E-state index is 0.0899. The third-order valence-corrected chi connectivity index (χ3v) is 3.21. The van der Waals surface area contributed by atoms with Crippen molar-refractivity contribution in [2.45, 2.75) is 12.8 Å². The summed E-state index contributed by atoms with van der Waals surface area (Å²) in [5.74, 6) is -1.02. The highest BCUT2D eigenvalue weighted by molar-refractivity contribution is 7.53. The Bertz CT molecular complexity index is 206. The lowest BCUT2D eigenvalue weighted by Crippen LogP contribution is -2.04. The fourth-order valence-electron chi connectivity index (χ4n) is 0.766. The predicted molar refractivity (Wildman–Crippen MR) is 45.7 cm³/mol. The Labute approximate surface area is 80.8 Å². The van der Waals surface area contributed by atoms with Crippen molar-refractivity contribution < 1.29 is 33.7 Å². The number of hydrogen-bond donors (Lipinski definition) is 3. The van der Waals surface area contributed by atoms with Crippen LogP contribution >= 0.6 is 7.60 Å². The molecule has 14 heavy (non-hydrogen) atoms. The monoisotopic (exact) mass is 228 g/mol. The number of hydrogen-bond acceptors (Lipinski definition) is 6. The van der Waals surface area contributed by atoms with Crippen LogP contribution in [0.1, 0.15) is 12.8 Å². The van der Waals surface area contributed by atoms with Crippen LogP contribution in [0.5, 0.6) is 0 Å². The molecule has 0 rings (SSSR count). The van der Waals surface area contributed by atoms with E-state index in [2.05, 4.69) is 9.05 Å². The van der Waals surface area contributed by atoms with Crippen LogP contribution in [0.15, 0.2) is 0 Å². The van der Waals surface area contributed by atoms with Crippen molar-refractivity contribution in [3.05, 3.63) is 0 Å². The van der Waals surface area contributed by atoms with Gasteiger partial charge in [-0.1, -0.05) is 0 Å². The molecule has 84 valence electrons. The van der Waals surface area contributed by atoms with E-state index in [1.807, 2.05) is 0 Å². The van der Waals surface area contributed by atoms with Crippen molar-refractivity contribution in [3.63, 3.8) is 0 Å². The lowest BCUT2D eigenvalue weighted by Gasteiger charge is -2.14. The van der Waals surface area contributed by atoms with Crippen molar-refractivity contribution in [2.75, 3.05) is 19.7 Å². The second-order valence-electron chi connectivity index (χ2n) is 2.35. The zero-order valence-electron chi connectivity index (χ0n) is 7.46. The van der Waals surface area contributed by atoms with Gasteiger partial charge >= 0.3 is 13.6 Å². The highest BCUT2D eigenvalue weighted by atomic mass is 31.2. The predicted octanol–water partition coefficient (Wildman–Crippen LogP) is -0.0229. The molecule has 0 aliphatic heterocycles. The maximum atomic E-state index is 11.4. The molecule has 3 N–H and O–H groups in total. The molecule has 0 aromatic heterocycles. The normalized spacial score (nSPS) is 11.6. The summed E-state index contributed by atoms with van der Waals surface area (Å²) in [5.41, 5.74) is 0. The summed E-state index contributed by atoms with van der Waals surface area (Å²) in [6, 6.07) is 0. The van der Waals surface area contributed by atoms with Gasteiger partial charge in [-0.2, -0.15) is 0 Å². The molecule has 0 aliphatic rings. The van der Waals surface area contributed by atoms with Gasteiger partial charge in [-0.15, -0.1) is 0 Å². The summed E-state index contributed by atoms with van der Waals surface area (Å²) >= 11 is 0. The average molecular weight is 228 g/mol. The van der Waals surface area contributed by atoms with E-state index in [9.17, 15) is 9.36 Å².